The molecule has 0 bridgehead atoms. The van der Waals surface area contributed by atoms with Gasteiger partial charge in [-0.1, -0.05) is 18.5 Å². The fourth-order valence-electron chi connectivity index (χ4n) is 3.21. The van der Waals surface area contributed by atoms with Crippen molar-refractivity contribution < 1.29 is 22.0 Å². The highest BCUT2D eigenvalue weighted by Crippen LogP contribution is 2.35. The molecule has 9 heteroatoms. The lowest BCUT2D eigenvalue weighted by atomic mass is 10.0. The Morgan fingerprint density at radius 2 is 1.93 bits per heavy atom. The van der Waals surface area contributed by atoms with E-state index in [1.54, 1.807) is 6.92 Å². The third-order valence-corrected chi connectivity index (χ3v) is 5.00. The van der Waals surface area contributed by atoms with Crippen LogP contribution in [-0.4, -0.2) is 11.0 Å². The van der Waals surface area contributed by atoms with Gasteiger partial charge < -0.3 is 10.6 Å². The van der Waals surface area contributed by atoms with Gasteiger partial charge in [0, 0.05) is 35.5 Å². The Bertz CT molecular complexity index is 942. The molecule has 0 radical (unpaired) electrons. The van der Waals surface area contributed by atoms with Crippen LogP contribution in [0.15, 0.2) is 36.2 Å². The Kier molecular flexibility index (Phi) is 6.03. The average molecular weight is 432 g/mol. The average Bonchev–Trinajstić information content (AvgIpc) is 3.09. The minimum Gasteiger partial charge on any atom is -0.386 e. The Morgan fingerprint density at radius 3 is 2.55 bits per heavy atom. The van der Waals surface area contributed by atoms with Gasteiger partial charge in [-0.05, 0) is 37.6 Å². The molecule has 2 heterocycles. The van der Waals surface area contributed by atoms with Crippen LogP contribution in [0.4, 0.5) is 22.0 Å². The predicted octanol–water partition coefficient (Wildman–Crippen LogP) is 5.96. The molecule has 3 rings (SSSR count). The highest BCUT2D eigenvalue weighted by molar-refractivity contribution is 6.29. The van der Waals surface area contributed by atoms with E-state index in [-0.39, 0.29) is 16.8 Å². The molecule has 2 unspecified atom stereocenters. The fourth-order valence-corrected chi connectivity index (χ4v) is 3.42. The van der Waals surface area contributed by atoms with E-state index in [0.29, 0.717) is 18.2 Å². The molecule has 1 aliphatic rings. The molecule has 0 aliphatic carbocycles. The first-order valence-corrected chi connectivity index (χ1v) is 9.42. The van der Waals surface area contributed by atoms with E-state index in [4.69, 9.17) is 11.6 Å². The summed E-state index contributed by atoms with van der Waals surface area (Å²) in [7, 11) is 0. The largest absolute Gasteiger partial charge is 0.416 e. The van der Waals surface area contributed by atoms with Crippen LogP contribution >= 0.6 is 11.6 Å². The van der Waals surface area contributed by atoms with Crippen molar-refractivity contribution in [2.45, 2.75) is 44.9 Å². The van der Waals surface area contributed by atoms with Gasteiger partial charge >= 0.3 is 6.18 Å². The Balaban J connectivity index is 1.89. The van der Waals surface area contributed by atoms with Crippen LogP contribution in [0.25, 0.3) is 11.3 Å². The summed E-state index contributed by atoms with van der Waals surface area (Å²) in [6.45, 7) is 3.72. The van der Waals surface area contributed by atoms with Crippen molar-refractivity contribution >= 4 is 11.6 Å². The molecule has 0 saturated heterocycles. The number of pyridine rings is 1. The summed E-state index contributed by atoms with van der Waals surface area (Å²) in [5.41, 5.74) is -0.927. The Hall–Kier alpha value is -2.35. The zero-order valence-electron chi connectivity index (χ0n) is 15.7. The zero-order valence-corrected chi connectivity index (χ0v) is 16.4. The lowest BCUT2D eigenvalue weighted by Crippen LogP contribution is -2.20. The molecular formula is C20H19ClF5N3. The normalized spacial score (nSPS) is 17.7. The highest BCUT2D eigenvalue weighted by Gasteiger charge is 2.32. The third kappa shape index (κ3) is 4.80. The topological polar surface area (TPSA) is 37.0 Å². The van der Waals surface area contributed by atoms with Gasteiger partial charge in [-0.3, -0.25) is 0 Å². The second-order valence-corrected chi connectivity index (χ2v) is 7.31. The summed E-state index contributed by atoms with van der Waals surface area (Å²) >= 11 is 5.65. The second kappa shape index (κ2) is 8.18. The predicted molar refractivity (Wildman–Crippen MR) is 101 cm³/mol. The molecular weight excluding hydrogens is 413 g/mol. The van der Waals surface area contributed by atoms with E-state index in [9.17, 15) is 22.0 Å². The summed E-state index contributed by atoms with van der Waals surface area (Å²) < 4.78 is 68.3. The number of hydrogen-bond donors (Lipinski definition) is 2. The van der Waals surface area contributed by atoms with Crippen LogP contribution in [0.5, 0.6) is 0 Å². The first-order valence-electron chi connectivity index (χ1n) is 9.04. The maximum atomic E-state index is 14.7. The van der Waals surface area contributed by atoms with Crippen molar-refractivity contribution in [3.05, 3.63) is 64.1 Å². The van der Waals surface area contributed by atoms with Gasteiger partial charge in [0.2, 0.25) is 0 Å². The van der Waals surface area contributed by atoms with Crippen molar-refractivity contribution in [2.24, 2.45) is 0 Å². The van der Waals surface area contributed by atoms with Gasteiger partial charge in [0.15, 0.2) is 0 Å². The van der Waals surface area contributed by atoms with Crippen LogP contribution in [0, 0.1) is 11.6 Å². The smallest absolute Gasteiger partial charge is 0.386 e. The molecule has 2 N–H and O–H groups in total. The lowest BCUT2D eigenvalue weighted by molar-refractivity contribution is -0.137. The number of nitrogens with one attached hydrogen (secondary N) is 2. The van der Waals surface area contributed by atoms with Crippen LogP contribution < -0.4 is 10.6 Å². The summed E-state index contributed by atoms with van der Waals surface area (Å²) in [6, 6.07) is 2.85. The fraction of sp³-hybridized carbons (Fsp3) is 0.350. The Labute approximate surface area is 170 Å². The van der Waals surface area contributed by atoms with Crippen molar-refractivity contribution in [3.63, 3.8) is 0 Å². The molecule has 0 spiro atoms. The van der Waals surface area contributed by atoms with Crippen LogP contribution in [0.2, 0.25) is 5.15 Å². The first-order chi connectivity index (χ1) is 13.6. The van der Waals surface area contributed by atoms with Gasteiger partial charge in [-0.15, -0.1) is 0 Å². The van der Waals surface area contributed by atoms with Gasteiger partial charge in [0.25, 0.3) is 0 Å². The van der Waals surface area contributed by atoms with Crippen molar-refractivity contribution in [3.8, 4) is 11.3 Å². The minimum atomic E-state index is -4.69. The van der Waals surface area contributed by atoms with Gasteiger partial charge in [0.05, 0.1) is 17.3 Å². The van der Waals surface area contributed by atoms with E-state index in [1.165, 1.54) is 0 Å². The molecule has 0 amide bonds. The number of hydrogen-bond acceptors (Lipinski definition) is 3. The van der Waals surface area contributed by atoms with Crippen LogP contribution in [-0.2, 0) is 6.18 Å². The molecule has 0 saturated carbocycles. The molecule has 1 aromatic heterocycles. The molecule has 29 heavy (non-hydrogen) atoms. The monoisotopic (exact) mass is 431 g/mol. The second-order valence-electron chi connectivity index (χ2n) is 6.93. The van der Waals surface area contributed by atoms with Crippen molar-refractivity contribution in [2.75, 3.05) is 0 Å². The van der Waals surface area contributed by atoms with Crippen LogP contribution in [0.1, 0.15) is 43.9 Å². The molecule has 3 nitrogen and oxygen atoms in total. The van der Waals surface area contributed by atoms with E-state index in [0.717, 1.165) is 30.7 Å². The number of nitrogens with zero attached hydrogens (tertiary/aromatic N) is 1. The van der Waals surface area contributed by atoms with Crippen molar-refractivity contribution in [1.82, 2.24) is 15.6 Å². The number of rotatable bonds is 5. The summed E-state index contributed by atoms with van der Waals surface area (Å²) in [6.07, 6.45) is -1.20. The summed E-state index contributed by atoms with van der Waals surface area (Å²) in [5.74, 6) is -1.64. The molecule has 1 aromatic carbocycles. The molecule has 2 atom stereocenters. The minimum absolute atomic E-state index is 0.0603. The van der Waals surface area contributed by atoms with Crippen molar-refractivity contribution in [1.29, 1.82) is 0 Å². The van der Waals surface area contributed by atoms with E-state index >= 15 is 0 Å². The maximum Gasteiger partial charge on any atom is 0.416 e. The Morgan fingerprint density at radius 1 is 1.21 bits per heavy atom. The van der Waals surface area contributed by atoms with E-state index < -0.39 is 34.6 Å². The molecule has 2 aromatic rings. The summed E-state index contributed by atoms with van der Waals surface area (Å²) in [5, 5.41) is 5.86. The number of halogens is 6. The molecule has 0 fully saturated rings. The van der Waals surface area contributed by atoms with Crippen LogP contribution in [0.3, 0.4) is 0 Å². The first kappa shape index (κ1) is 21.4. The molecule has 1 aliphatic heterocycles. The zero-order chi connectivity index (χ0) is 21.3. The third-order valence-electron chi connectivity index (χ3n) is 4.80. The number of aromatic nitrogens is 1. The standard InChI is InChI=1S/C20H19ClF5N3/c1-3-12-6-13(9-27-12)28-10(2)14-7-17(23)15(8-16(14)22)18-4-11(20(24,25)26)5-19(21)29-18/h4-5,7-10,12,27-28H,3,6H2,1-2H3. The van der Waals surface area contributed by atoms with Gasteiger partial charge in [0.1, 0.15) is 16.8 Å². The van der Waals surface area contributed by atoms with Gasteiger partial charge in [-0.25, -0.2) is 13.8 Å². The summed E-state index contributed by atoms with van der Waals surface area (Å²) in [4.78, 5) is 3.72. The number of benzene rings is 1. The maximum absolute atomic E-state index is 14.7. The quantitative estimate of drug-likeness (QED) is 0.453. The molecule has 156 valence electrons. The van der Waals surface area contributed by atoms with Gasteiger partial charge in [-0.2, -0.15) is 13.2 Å². The highest BCUT2D eigenvalue weighted by atomic mass is 35.5. The number of alkyl halides is 3. The lowest BCUT2D eigenvalue weighted by Gasteiger charge is -2.18. The SMILES string of the molecule is CCC1CC(NC(C)c2cc(F)c(-c3cc(C(F)(F)F)cc(Cl)n3)cc2F)=CN1. The van der Waals surface area contributed by atoms with E-state index in [1.807, 2.05) is 13.1 Å². The van der Waals surface area contributed by atoms with E-state index in [2.05, 4.69) is 15.6 Å².